The molecule has 0 atom stereocenters. The number of carbonyl (C=O) groups is 1. The predicted molar refractivity (Wildman–Crippen MR) is 122 cm³/mol. The molecule has 2 aromatic carbocycles. The molecule has 6 nitrogen and oxygen atoms in total. The van der Waals surface area contributed by atoms with Gasteiger partial charge in [0.15, 0.2) is 11.5 Å². The minimum absolute atomic E-state index is 0.0125. The minimum atomic E-state index is -0.0125. The van der Waals surface area contributed by atoms with Crippen molar-refractivity contribution in [1.82, 2.24) is 10.3 Å². The van der Waals surface area contributed by atoms with Crippen molar-refractivity contribution in [3.8, 4) is 22.1 Å². The van der Waals surface area contributed by atoms with Crippen LogP contribution in [0, 0.1) is 0 Å². The summed E-state index contributed by atoms with van der Waals surface area (Å²) >= 11 is 1.51. The Morgan fingerprint density at radius 1 is 1.10 bits per heavy atom. The summed E-state index contributed by atoms with van der Waals surface area (Å²) in [7, 11) is 5.27. The van der Waals surface area contributed by atoms with Crippen molar-refractivity contribution < 1.29 is 14.3 Å². The number of nitrogens with one attached hydrogen (secondary N) is 1. The highest BCUT2D eigenvalue weighted by atomic mass is 32.1. The molecule has 30 heavy (non-hydrogen) atoms. The molecule has 7 heteroatoms. The fourth-order valence-corrected chi connectivity index (χ4v) is 3.89. The average molecular weight is 426 g/mol. The molecule has 0 fully saturated rings. The molecule has 1 heterocycles. The van der Waals surface area contributed by atoms with E-state index in [1.54, 1.807) is 14.2 Å². The fraction of sp³-hybridized carbons (Fsp3) is 0.304. The van der Waals surface area contributed by atoms with E-state index in [1.807, 2.05) is 41.8 Å². The summed E-state index contributed by atoms with van der Waals surface area (Å²) < 4.78 is 10.6. The zero-order valence-corrected chi connectivity index (χ0v) is 18.4. The average Bonchev–Trinajstić information content (AvgIpc) is 3.25. The molecule has 1 aromatic heterocycles. The predicted octanol–water partition coefficient (Wildman–Crippen LogP) is 4.01. The van der Waals surface area contributed by atoms with Gasteiger partial charge in [0.05, 0.1) is 26.3 Å². The van der Waals surface area contributed by atoms with Crippen LogP contribution in [0.1, 0.15) is 12.1 Å². The summed E-state index contributed by atoms with van der Waals surface area (Å²) in [4.78, 5) is 19.0. The second kappa shape index (κ2) is 10.6. The van der Waals surface area contributed by atoms with Gasteiger partial charge in [0.2, 0.25) is 5.91 Å². The van der Waals surface area contributed by atoms with E-state index >= 15 is 0 Å². The maximum absolute atomic E-state index is 12.3. The number of hydrogen-bond acceptors (Lipinski definition) is 6. The second-order valence-electron chi connectivity index (χ2n) is 6.85. The molecule has 3 rings (SSSR count). The molecule has 0 spiro atoms. The Hall–Kier alpha value is -3.06. The van der Waals surface area contributed by atoms with Crippen LogP contribution >= 0.6 is 11.3 Å². The maximum atomic E-state index is 12.3. The SMILES string of the molecule is COc1ccc(-c2nc(CC(=O)NCCCN(C)c3ccccc3)cs2)cc1OC. The monoisotopic (exact) mass is 425 g/mol. The Bertz CT molecular complexity index is 959. The van der Waals surface area contributed by atoms with Crippen LogP contribution in [0.2, 0.25) is 0 Å². The van der Waals surface area contributed by atoms with Crippen molar-refractivity contribution in [1.29, 1.82) is 0 Å². The number of ether oxygens (including phenoxy) is 2. The number of hydrogen-bond donors (Lipinski definition) is 1. The lowest BCUT2D eigenvalue weighted by Crippen LogP contribution is -2.29. The van der Waals surface area contributed by atoms with Gasteiger partial charge >= 0.3 is 0 Å². The number of aromatic nitrogens is 1. The van der Waals surface area contributed by atoms with Gasteiger partial charge in [-0.05, 0) is 36.8 Å². The smallest absolute Gasteiger partial charge is 0.226 e. The highest BCUT2D eigenvalue weighted by molar-refractivity contribution is 7.13. The van der Waals surface area contributed by atoms with E-state index in [4.69, 9.17) is 9.47 Å². The third-order valence-corrected chi connectivity index (χ3v) is 5.65. The number of benzene rings is 2. The Balaban J connectivity index is 1.47. The number of nitrogens with zero attached hydrogens (tertiary/aromatic N) is 2. The molecule has 3 aromatic rings. The van der Waals surface area contributed by atoms with Gasteiger partial charge in [0.1, 0.15) is 5.01 Å². The van der Waals surface area contributed by atoms with E-state index in [0.29, 0.717) is 18.0 Å². The number of thiazole rings is 1. The molecule has 0 aliphatic heterocycles. The van der Waals surface area contributed by atoms with Crippen molar-refractivity contribution in [2.45, 2.75) is 12.8 Å². The van der Waals surface area contributed by atoms with Crippen molar-refractivity contribution in [2.24, 2.45) is 0 Å². The van der Waals surface area contributed by atoms with E-state index in [1.165, 1.54) is 17.0 Å². The van der Waals surface area contributed by atoms with Gasteiger partial charge in [-0.2, -0.15) is 0 Å². The lowest BCUT2D eigenvalue weighted by molar-refractivity contribution is -0.120. The molecule has 1 amide bonds. The zero-order valence-electron chi connectivity index (χ0n) is 17.6. The van der Waals surface area contributed by atoms with Gasteiger partial charge in [-0.3, -0.25) is 4.79 Å². The van der Waals surface area contributed by atoms with Crippen LogP contribution in [-0.4, -0.2) is 45.2 Å². The number of carbonyl (C=O) groups excluding carboxylic acids is 1. The number of methoxy groups -OCH3 is 2. The second-order valence-corrected chi connectivity index (χ2v) is 7.71. The quantitative estimate of drug-likeness (QED) is 0.497. The summed E-state index contributed by atoms with van der Waals surface area (Å²) in [5.41, 5.74) is 2.88. The number of amides is 1. The standard InChI is InChI=1S/C23H27N3O3S/c1-26(19-8-5-4-6-9-19)13-7-12-24-22(27)15-18-16-30-23(25-18)17-10-11-20(28-2)21(14-17)29-3/h4-6,8-11,14,16H,7,12-13,15H2,1-3H3,(H,24,27). The number of rotatable bonds is 10. The molecule has 0 radical (unpaired) electrons. The third kappa shape index (κ3) is 5.73. The van der Waals surface area contributed by atoms with Crippen LogP contribution in [0.15, 0.2) is 53.9 Å². The van der Waals surface area contributed by atoms with E-state index in [2.05, 4.69) is 34.4 Å². The van der Waals surface area contributed by atoms with Crippen LogP contribution in [0.25, 0.3) is 10.6 Å². The summed E-state index contributed by atoms with van der Waals surface area (Å²) in [5, 5.41) is 5.76. The lowest BCUT2D eigenvalue weighted by Gasteiger charge is -2.19. The van der Waals surface area contributed by atoms with E-state index in [-0.39, 0.29) is 12.3 Å². The van der Waals surface area contributed by atoms with E-state index < -0.39 is 0 Å². The summed E-state index contributed by atoms with van der Waals surface area (Å²) in [6.45, 7) is 1.52. The first-order chi connectivity index (χ1) is 14.6. The van der Waals surface area contributed by atoms with Crippen LogP contribution < -0.4 is 19.7 Å². The normalized spacial score (nSPS) is 10.5. The van der Waals surface area contributed by atoms with Gasteiger partial charge in [0.25, 0.3) is 0 Å². The zero-order chi connectivity index (χ0) is 21.3. The fourth-order valence-electron chi connectivity index (χ4n) is 3.07. The molecule has 0 saturated carbocycles. The van der Waals surface area contributed by atoms with Crippen LogP contribution in [0.5, 0.6) is 11.5 Å². The van der Waals surface area contributed by atoms with Crippen LogP contribution in [0.3, 0.4) is 0 Å². The first-order valence-electron chi connectivity index (χ1n) is 9.80. The van der Waals surface area contributed by atoms with Gasteiger partial charge in [-0.15, -0.1) is 11.3 Å². The van der Waals surface area contributed by atoms with Gasteiger partial charge < -0.3 is 19.7 Å². The van der Waals surface area contributed by atoms with Crippen LogP contribution in [0.4, 0.5) is 5.69 Å². The van der Waals surface area contributed by atoms with Crippen molar-refractivity contribution in [2.75, 3.05) is 39.3 Å². The molecule has 0 unspecified atom stereocenters. The third-order valence-electron chi connectivity index (χ3n) is 4.71. The molecule has 0 saturated heterocycles. The Kier molecular flexibility index (Phi) is 7.68. The molecule has 0 bridgehead atoms. The summed E-state index contributed by atoms with van der Waals surface area (Å²) in [6.07, 6.45) is 1.16. The molecular weight excluding hydrogens is 398 g/mol. The maximum Gasteiger partial charge on any atom is 0.226 e. The van der Waals surface area contributed by atoms with Gasteiger partial charge in [-0.25, -0.2) is 4.98 Å². The molecule has 0 aliphatic carbocycles. The van der Waals surface area contributed by atoms with Crippen LogP contribution in [-0.2, 0) is 11.2 Å². The van der Waals surface area contributed by atoms with Gasteiger partial charge in [-0.1, -0.05) is 18.2 Å². The van der Waals surface area contributed by atoms with E-state index in [0.717, 1.165) is 29.2 Å². The Labute approximate surface area is 181 Å². The Morgan fingerprint density at radius 3 is 2.60 bits per heavy atom. The molecular formula is C23H27N3O3S. The topological polar surface area (TPSA) is 63.7 Å². The molecule has 1 N–H and O–H groups in total. The van der Waals surface area contributed by atoms with E-state index in [9.17, 15) is 4.79 Å². The highest BCUT2D eigenvalue weighted by Gasteiger charge is 2.12. The number of anilines is 1. The van der Waals surface area contributed by atoms with Crippen molar-refractivity contribution >= 4 is 22.9 Å². The first kappa shape index (κ1) is 21.6. The number of para-hydroxylation sites is 1. The highest BCUT2D eigenvalue weighted by Crippen LogP contribution is 2.33. The van der Waals surface area contributed by atoms with Crippen molar-refractivity contribution in [3.05, 3.63) is 59.6 Å². The van der Waals surface area contributed by atoms with Gasteiger partial charge in [0, 0.05) is 36.8 Å². The summed E-state index contributed by atoms with van der Waals surface area (Å²) in [5.74, 6) is 1.32. The lowest BCUT2D eigenvalue weighted by atomic mass is 10.2. The molecule has 0 aliphatic rings. The Morgan fingerprint density at radius 2 is 1.87 bits per heavy atom. The largest absolute Gasteiger partial charge is 0.493 e. The first-order valence-corrected chi connectivity index (χ1v) is 10.7. The van der Waals surface area contributed by atoms with Crippen molar-refractivity contribution in [3.63, 3.8) is 0 Å². The molecule has 158 valence electrons. The minimum Gasteiger partial charge on any atom is -0.493 e. The summed E-state index contributed by atoms with van der Waals surface area (Å²) in [6, 6.07) is 15.9.